The van der Waals surface area contributed by atoms with E-state index >= 15 is 0 Å². The van der Waals surface area contributed by atoms with Gasteiger partial charge in [-0.25, -0.2) is 14.2 Å². The molecule has 1 aliphatic heterocycles. The summed E-state index contributed by atoms with van der Waals surface area (Å²) in [6.07, 6.45) is 2.93. The van der Waals surface area contributed by atoms with Gasteiger partial charge in [0.05, 0.1) is 11.4 Å². The second kappa shape index (κ2) is 9.72. The number of aromatic hydroxyl groups is 1. The Morgan fingerprint density at radius 1 is 1.12 bits per heavy atom. The molecule has 2 heterocycles. The zero-order chi connectivity index (χ0) is 23.6. The molecule has 8 nitrogen and oxygen atoms in total. The van der Waals surface area contributed by atoms with Gasteiger partial charge in [-0.2, -0.15) is 0 Å². The summed E-state index contributed by atoms with van der Waals surface area (Å²) in [6, 6.07) is 5.53. The maximum absolute atomic E-state index is 13.3. The highest BCUT2D eigenvalue weighted by Crippen LogP contribution is 2.26. The summed E-state index contributed by atoms with van der Waals surface area (Å²) in [5.74, 6) is -1.08. The first kappa shape index (κ1) is 23.8. The van der Waals surface area contributed by atoms with Crippen molar-refractivity contribution in [1.82, 2.24) is 14.0 Å². The molecule has 1 aliphatic rings. The molecule has 1 amide bonds. The summed E-state index contributed by atoms with van der Waals surface area (Å²) >= 11 is 1.01. The molecule has 172 valence electrons. The summed E-state index contributed by atoms with van der Waals surface area (Å²) in [5.41, 5.74) is -1.26. The van der Waals surface area contributed by atoms with Crippen LogP contribution in [-0.4, -0.2) is 47.9 Å². The van der Waals surface area contributed by atoms with Crippen LogP contribution in [0.25, 0.3) is 0 Å². The van der Waals surface area contributed by atoms with Crippen molar-refractivity contribution in [3.05, 3.63) is 56.5 Å². The molecule has 0 aliphatic carbocycles. The second-order valence-corrected chi connectivity index (χ2v) is 8.98. The van der Waals surface area contributed by atoms with Gasteiger partial charge in [-0.15, -0.1) is 0 Å². The summed E-state index contributed by atoms with van der Waals surface area (Å²) in [5, 5.41) is 10.7. The summed E-state index contributed by atoms with van der Waals surface area (Å²) in [6.45, 7) is 4.03. The molecule has 32 heavy (non-hydrogen) atoms. The SMILES string of the molecule is C[C@@H]1CCC[C@@H](C)N1C(=O)CSC(=Nc1ccc(F)cc1)c1c(O)n(C)c(=O)n(C)c1=O. The van der Waals surface area contributed by atoms with E-state index in [0.717, 1.165) is 40.2 Å². The van der Waals surface area contributed by atoms with E-state index in [1.54, 1.807) is 0 Å². The van der Waals surface area contributed by atoms with Crippen LogP contribution < -0.4 is 11.2 Å². The molecule has 0 bridgehead atoms. The number of amides is 1. The fourth-order valence-electron chi connectivity index (χ4n) is 3.93. The normalized spacial score (nSPS) is 19.3. The molecule has 1 aromatic heterocycles. The highest BCUT2D eigenvalue weighted by Gasteiger charge is 2.30. The fraction of sp³-hybridized carbons (Fsp3) is 0.455. The minimum atomic E-state index is -0.730. The van der Waals surface area contributed by atoms with Crippen LogP contribution in [0.2, 0.25) is 0 Å². The van der Waals surface area contributed by atoms with Crippen LogP contribution in [0.5, 0.6) is 5.88 Å². The van der Waals surface area contributed by atoms with Gasteiger partial charge in [-0.05, 0) is 57.4 Å². The standard InChI is InChI=1S/C22H27FN4O4S/c1-13-6-5-7-14(2)27(13)17(28)12-32-19(24-16-10-8-15(23)9-11-16)18-20(29)25(3)22(31)26(4)21(18)30/h8-11,13-14,29H,5-7,12H2,1-4H3/t13-,14-/m1/s1. The first-order valence-corrected chi connectivity index (χ1v) is 11.4. The number of aliphatic imine (C=N–C) groups is 1. The van der Waals surface area contributed by atoms with Gasteiger partial charge in [0.1, 0.15) is 16.4 Å². The van der Waals surface area contributed by atoms with E-state index in [1.165, 1.54) is 38.4 Å². The third-order valence-electron chi connectivity index (χ3n) is 5.72. The number of hydrogen-bond acceptors (Lipinski definition) is 6. The minimum absolute atomic E-state index is 0.000142. The number of rotatable bonds is 4. The van der Waals surface area contributed by atoms with Gasteiger partial charge < -0.3 is 10.0 Å². The maximum Gasteiger partial charge on any atom is 0.333 e. The van der Waals surface area contributed by atoms with E-state index in [1.807, 2.05) is 18.7 Å². The van der Waals surface area contributed by atoms with Crippen LogP contribution in [-0.2, 0) is 18.9 Å². The fourth-order valence-corrected chi connectivity index (χ4v) is 4.83. The van der Waals surface area contributed by atoms with Gasteiger partial charge in [-0.1, -0.05) is 11.8 Å². The van der Waals surface area contributed by atoms with Crippen molar-refractivity contribution in [1.29, 1.82) is 0 Å². The second-order valence-electron chi connectivity index (χ2n) is 8.02. The lowest BCUT2D eigenvalue weighted by atomic mass is 9.98. The van der Waals surface area contributed by atoms with Crippen LogP contribution >= 0.6 is 11.8 Å². The summed E-state index contributed by atoms with van der Waals surface area (Å²) in [7, 11) is 2.64. The quantitative estimate of drug-likeness (QED) is 0.556. The number of hydrogen-bond donors (Lipinski definition) is 1. The summed E-state index contributed by atoms with van der Waals surface area (Å²) < 4.78 is 15.1. The number of halogens is 1. The number of thioether (sulfide) groups is 1. The molecule has 0 saturated carbocycles. The van der Waals surface area contributed by atoms with Crippen LogP contribution in [0.15, 0.2) is 38.8 Å². The lowest BCUT2D eigenvalue weighted by Gasteiger charge is -2.39. The third kappa shape index (κ3) is 4.79. The van der Waals surface area contributed by atoms with Crippen molar-refractivity contribution in [3.8, 4) is 5.88 Å². The topological polar surface area (TPSA) is 96.9 Å². The zero-order valence-corrected chi connectivity index (χ0v) is 19.4. The molecule has 0 unspecified atom stereocenters. The van der Waals surface area contributed by atoms with E-state index < -0.39 is 22.9 Å². The highest BCUT2D eigenvalue weighted by molar-refractivity contribution is 8.15. The van der Waals surface area contributed by atoms with Gasteiger partial charge in [0.25, 0.3) is 5.56 Å². The number of aromatic nitrogens is 2. The Hall–Kier alpha value is -2.88. The molecule has 0 spiro atoms. The van der Waals surface area contributed by atoms with Gasteiger partial charge >= 0.3 is 5.69 Å². The van der Waals surface area contributed by atoms with Gasteiger partial charge in [0.15, 0.2) is 0 Å². The average Bonchev–Trinajstić information content (AvgIpc) is 2.76. The molecule has 1 saturated heterocycles. The largest absolute Gasteiger partial charge is 0.494 e. The van der Waals surface area contributed by atoms with Crippen molar-refractivity contribution in [2.45, 2.75) is 45.2 Å². The van der Waals surface area contributed by atoms with Crippen LogP contribution in [0.3, 0.4) is 0 Å². The van der Waals surface area contributed by atoms with Crippen molar-refractivity contribution in [3.63, 3.8) is 0 Å². The van der Waals surface area contributed by atoms with Crippen molar-refractivity contribution >= 4 is 28.4 Å². The van der Waals surface area contributed by atoms with E-state index in [4.69, 9.17) is 0 Å². The molecule has 1 N–H and O–H groups in total. The van der Waals surface area contributed by atoms with Crippen molar-refractivity contribution in [2.24, 2.45) is 19.1 Å². The maximum atomic E-state index is 13.3. The Labute approximate surface area is 189 Å². The number of likely N-dealkylation sites (tertiary alicyclic amines) is 1. The smallest absolute Gasteiger partial charge is 0.333 e. The van der Waals surface area contributed by atoms with Gasteiger partial charge in [0, 0.05) is 26.2 Å². The first-order valence-electron chi connectivity index (χ1n) is 10.4. The number of piperidine rings is 1. The Balaban J connectivity index is 2.02. The number of carbonyl (C=O) groups is 1. The van der Waals surface area contributed by atoms with E-state index in [2.05, 4.69) is 4.99 Å². The summed E-state index contributed by atoms with van der Waals surface area (Å²) in [4.78, 5) is 44.3. The molecule has 2 atom stereocenters. The molecule has 0 radical (unpaired) electrons. The molecule has 1 aromatic carbocycles. The van der Waals surface area contributed by atoms with Crippen LogP contribution in [0.4, 0.5) is 10.1 Å². The van der Waals surface area contributed by atoms with Gasteiger partial charge in [0.2, 0.25) is 11.8 Å². The Morgan fingerprint density at radius 3 is 2.31 bits per heavy atom. The van der Waals surface area contributed by atoms with E-state index in [-0.39, 0.29) is 34.4 Å². The van der Waals surface area contributed by atoms with Crippen LogP contribution in [0, 0.1) is 5.82 Å². The predicted octanol–water partition coefficient (Wildman–Crippen LogP) is 2.53. The van der Waals surface area contributed by atoms with Gasteiger partial charge in [-0.3, -0.25) is 18.7 Å². The third-order valence-corrected chi connectivity index (χ3v) is 6.68. The molecule has 3 rings (SSSR count). The number of benzene rings is 1. The molecular formula is C22H27FN4O4S. The number of carbonyl (C=O) groups excluding carboxylic acids is 1. The molecule has 10 heteroatoms. The van der Waals surface area contributed by atoms with E-state index in [9.17, 15) is 23.9 Å². The molecular weight excluding hydrogens is 435 g/mol. The van der Waals surface area contributed by atoms with E-state index in [0.29, 0.717) is 5.69 Å². The number of nitrogens with zero attached hydrogens (tertiary/aromatic N) is 4. The molecule has 1 fully saturated rings. The Morgan fingerprint density at radius 2 is 1.72 bits per heavy atom. The monoisotopic (exact) mass is 462 g/mol. The van der Waals surface area contributed by atoms with Crippen LogP contribution in [0.1, 0.15) is 38.7 Å². The average molecular weight is 463 g/mol. The molecule has 2 aromatic rings. The van der Waals surface area contributed by atoms with Crippen molar-refractivity contribution < 1.29 is 14.3 Å². The predicted molar refractivity (Wildman–Crippen MR) is 123 cm³/mol. The first-order chi connectivity index (χ1) is 15.1. The Kier molecular flexibility index (Phi) is 7.22. The lowest BCUT2D eigenvalue weighted by molar-refractivity contribution is -0.134. The van der Waals surface area contributed by atoms with Crippen molar-refractivity contribution in [2.75, 3.05) is 5.75 Å². The highest BCUT2D eigenvalue weighted by atomic mass is 32.2. The minimum Gasteiger partial charge on any atom is -0.494 e. The zero-order valence-electron chi connectivity index (χ0n) is 18.5. The Bertz CT molecular complexity index is 1150. The lowest BCUT2D eigenvalue weighted by Crippen LogP contribution is -2.48.